The van der Waals surface area contributed by atoms with E-state index < -0.39 is 21.9 Å². The molecule has 0 aromatic heterocycles. The van der Waals surface area contributed by atoms with Crippen LogP contribution >= 0.6 is 0 Å². The molecule has 0 spiro atoms. The highest BCUT2D eigenvalue weighted by atomic mass is 32.2. The second-order valence-corrected chi connectivity index (χ2v) is 10.5. The summed E-state index contributed by atoms with van der Waals surface area (Å²) in [7, 11) is -3.65. The fourth-order valence-corrected chi connectivity index (χ4v) is 6.73. The van der Waals surface area contributed by atoms with Gasteiger partial charge in [0.1, 0.15) is 5.82 Å². The van der Waals surface area contributed by atoms with Crippen molar-refractivity contribution in [2.45, 2.75) is 38.1 Å². The number of hydrogen-bond donors (Lipinski definition) is 1. The van der Waals surface area contributed by atoms with Crippen LogP contribution in [-0.2, 0) is 19.6 Å². The van der Waals surface area contributed by atoms with Crippen LogP contribution in [0.15, 0.2) is 41.3 Å². The van der Waals surface area contributed by atoms with Gasteiger partial charge in [-0.1, -0.05) is 17.7 Å². The molecule has 0 aliphatic carbocycles. The van der Waals surface area contributed by atoms with Crippen LogP contribution in [0.25, 0.3) is 0 Å². The van der Waals surface area contributed by atoms with Crippen LogP contribution in [0.4, 0.5) is 10.1 Å². The topological polar surface area (TPSA) is 79.2 Å². The fraction of sp³-hybridized carbons (Fsp3) is 0.391. The lowest BCUT2D eigenvalue weighted by molar-refractivity contribution is -0.918. The van der Waals surface area contributed by atoms with Crippen LogP contribution in [0.5, 0.6) is 0 Å². The lowest BCUT2D eigenvalue weighted by Gasteiger charge is -2.34. The van der Waals surface area contributed by atoms with Gasteiger partial charge in [-0.25, -0.2) is 17.7 Å². The van der Waals surface area contributed by atoms with E-state index in [9.17, 15) is 22.4 Å². The predicted octanol–water partition coefficient (Wildman–Crippen LogP) is 0.972. The molecule has 0 bridgehead atoms. The number of carbonyl (C=O) groups excluding carboxylic acids is 2. The molecule has 2 saturated heterocycles. The van der Waals surface area contributed by atoms with Gasteiger partial charge in [-0.2, -0.15) is 4.31 Å². The maximum Gasteiger partial charge on any atom is 0.292 e. The monoisotopic (exact) mass is 460 g/mol. The van der Waals surface area contributed by atoms with Crippen LogP contribution in [0.3, 0.4) is 0 Å². The molecule has 2 aromatic rings. The third-order valence-electron chi connectivity index (χ3n) is 6.29. The molecule has 2 fully saturated rings. The summed E-state index contributed by atoms with van der Waals surface area (Å²) in [5, 5.41) is 0. The Morgan fingerprint density at radius 1 is 0.969 bits per heavy atom. The van der Waals surface area contributed by atoms with Crippen molar-refractivity contribution in [3.05, 3.63) is 58.9 Å². The summed E-state index contributed by atoms with van der Waals surface area (Å²) < 4.78 is 41.3. The zero-order valence-corrected chi connectivity index (χ0v) is 19.2. The number of halogens is 1. The summed E-state index contributed by atoms with van der Waals surface area (Å²) in [5.41, 5.74) is 2.82. The molecule has 4 rings (SSSR count). The number of aryl methyl sites for hydroxylation is 3. The number of benzene rings is 2. The van der Waals surface area contributed by atoms with E-state index in [1.165, 1.54) is 28.6 Å². The molecule has 2 amide bonds. The molecular formula is C23H27FN3O4S+. The summed E-state index contributed by atoms with van der Waals surface area (Å²) in [6.07, 6.45) is 0.0640. The third kappa shape index (κ3) is 3.96. The van der Waals surface area contributed by atoms with E-state index in [4.69, 9.17) is 0 Å². The Hall–Kier alpha value is -2.62. The number of quaternary nitrogens is 1. The number of rotatable bonds is 4. The predicted molar refractivity (Wildman–Crippen MR) is 117 cm³/mol. The van der Waals surface area contributed by atoms with Crippen molar-refractivity contribution in [2.75, 3.05) is 31.1 Å². The van der Waals surface area contributed by atoms with Crippen LogP contribution in [0.1, 0.15) is 23.1 Å². The van der Waals surface area contributed by atoms with Gasteiger partial charge in [0.15, 0.2) is 6.04 Å². The highest BCUT2D eigenvalue weighted by Crippen LogP contribution is 2.26. The zero-order valence-electron chi connectivity index (χ0n) is 18.4. The number of nitrogens with zero attached hydrogens (tertiary/aromatic N) is 2. The van der Waals surface area contributed by atoms with Gasteiger partial charge in [0.05, 0.1) is 43.2 Å². The van der Waals surface area contributed by atoms with Gasteiger partial charge in [0.25, 0.3) is 5.91 Å². The Morgan fingerprint density at radius 2 is 1.53 bits per heavy atom. The highest BCUT2D eigenvalue weighted by molar-refractivity contribution is 7.89. The first kappa shape index (κ1) is 22.6. The van der Waals surface area contributed by atoms with Crippen molar-refractivity contribution >= 4 is 27.5 Å². The van der Waals surface area contributed by atoms with Gasteiger partial charge in [0.2, 0.25) is 15.9 Å². The van der Waals surface area contributed by atoms with Crippen molar-refractivity contribution in [2.24, 2.45) is 0 Å². The van der Waals surface area contributed by atoms with Gasteiger partial charge < -0.3 is 4.90 Å². The van der Waals surface area contributed by atoms with E-state index in [1.807, 2.05) is 19.1 Å². The molecule has 2 aromatic carbocycles. The lowest BCUT2D eigenvalue weighted by atomic mass is 10.1. The molecule has 170 valence electrons. The summed E-state index contributed by atoms with van der Waals surface area (Å²) in [5.74, 6) is -1.08. The first-order valence-corrected chi connectivity index (χ1v) is 12.1. The highest BCUT2D eigenvalue weighted by Gasteiger charge is 2.47. The second-order valence-electron chi connectivity index (χ2n) is 8.59. The summed E-state index contributed by atoms with van der Waals surface area (Å²) >= 11 is 0. The Morgan fingerprint density at radius 3 is 2.09 bits per heavy atom. The molecule has 32 heavy (non-hydrogen) atoms. The zero-order chi connectivity index (χ0) is 23.2. The van der Waals surface area contributed by atoms with Crippen molar-refractivity contribution in [3.8, 4) is 0 Å². The molecule has 7 nitrogen and oxygen atoms in total. The number of anilines is 1. The van der Waals surface area contributed by atoms with E-state index in [0.717, 1.165) is 26.5 Å². The summed E-state index contributed by atoms with van der Waals surface area (Å²) in [6, 6.07) is 8.45. The van der Waals surface area contributed by atoms with Crippen LogP contribution < -0.4 is 9.80 Å². The van der Waals surface area contributed by atoms with E-state index in [1.54, 1.807) is 13.8 Å². The lowest BCUT2D eigenvalue weighted by Crippen LogP contribution is -3.19. The van der Waals surface area contributed by atoms with Gasteiger partial charge in [-0.05, 0) is 56.2 Å². The number of amides is 2. The fourth-order valence-electron chi connectivity index (χ4n) is 4.88. The molecule has 0 radical (unpaired) electrons. The van der Waals surface area contributed by atoms with Gasteiger partial charge in [-0.15, -0.1) is 0 Å². The Balaban J connectivity index is 1.48. The SMILES string of the molecule is Cc1cc(C)c(S(=O)(=O)N2CC[NH+]([C@H]3CC(=O)N(c4ccc(F)cc4)C3=O)CC2)c(C)c1. The van der Waals surface area contributed by atoms with E-state index in [-0.39, 0.29) is 31.3 Å². The van der Waals surface area contributed by atoms with Crippen LogP contribution in [-0.4, -0.2) is 56.8 Å². The average molecular weight is 461 g/mol. The van der Waals surface area contributed by atoms with Crippen molar-refractivity contribution in [1.29, 1.82) is 0 Å². The summed E-state index contributed by atoms with van der Waals surface area (Å²) in [6.45, 7) is 6.97. The number of nitrogens with one attached hydrogen (secondary N) is 1. The van der Waals surface area contributed by atoms with Crippen molar-refractivity contribution in [3.63, 3.8) is 0 Å². The molecular weight excluding hydrogens is 433 g/mol. The molecule has 1 N–H and O–H groups in total. The summed E-state index contributed by atoms with van der Waals surface area (Å²) in [4.78, 5) is 27.9. The second kappa shape index (κ2) is 8.38. The van der Waals surface area contributed by atoms with Gasteiger partial charge in [-0.3, -0.25) is 9.59 Å². The Bertz CT molecular complexity index is 1150. The van der Waals surface area contributed by atoms with Crippen LogP contribution in [0, 0.1) is 26.6 Å². The minimum atomic E-state index is -3.65. The van der Waals surface area contributed by atoms with E-state index >= 15 is 0 Å². The van der Waals surface area contributed by atoms with Crippen LogP contribution in [0.2, 0.25) is 0 Å². The number of carbonyl (C=O) groups is 2. The molecule has 2 aliphatic rings. The molecule has 2 aliphatic heterocycles. The third-order valence-corrected chi connectivity index (χ3v) is 8.50. The van der Waals surface area contributed by atoms with Gasteiger partial charge in [0, 0.05) is 0 Å². The normalized spacial score (nSPS) is 20.9. The first-order valence-electron chi connectivity index (χ1n) is 10.6. The quantitative estimate of drug-likeness (QED) is 0.690. The molecule has 0 unspecified atom stereocenters. The largest absolute Gasteiger partial charge is 0.322 e. The minimum absolute atomic E-state index is 0.0640. The number of piperazine rings is 1. The molecule has 0 saturated carbocycles. The number of imide groups is 1. The number of sulfonamides is 1. The Labute approximate surface area is 187 Å². The smallest absolute Gasteiger partial charge is 0.292 e. The first-order chi connectivity index (χ1) is 15.1. The maximum atomic E-state index is 13.3. The molecule has 2 heterocycles. The maximum absolute atomic E-state index is 13.3. The number of hydrogen-bond acceptors (Lipinski definition) is 4. The van der Waals surface area contributed by atoms with Crippen molar-refractivity contribution < 1.29 is 27.3 Å². The average Bonchev–Trinajstić information content (AvgIpc) is 3.02. The van der Waals surface area contributed by atoms with E-state index in [0.29, 0.717) is 23.7 Å². The van der Waals surface area contributed by atoms with E-state index in [2.05, 4.69) is 0 Å². The Kier molecular flexibility index (Phi) is 5.91. The molecule has 9 heteroatoms. The van der Waals surface area contributed by atoms with Gasteiger partial charge >= 0.3 is 0 Å². The van der Waals surface area contributed by atoms with Crippen molar-refractivity contribution in [1.82, 2.24) is 4.31 Å². The standard InChI is InChI=1S/C23H26FN3O4S/c1-15-12-16(2)22(17(3)13-15)32(30,31)26-10-8-25(9-11-26)20-14-21(28)27(23(20)29)19-6-4-18(24)5-7-19/h4-7,12-13,20H,8-11,14H2,1-3H3/p+1/t20-/m0/s1. The minimum Gasteiger partial charge on any atom is -0.322 e. The molecule has 1 atom stereocenters.